The molecule has 92 valence electrons. The second kappa shape index (κ2) is 5.26. The molecule has 0 aliphatic rings. The largest absolute Gasteiger partial charge is 0.454 e. The third-order valence-corrected chi connectivity index (χ3v) is 3.00. The summed E-state index contributed by atoms with van der Waals surface area (Å²) in [6.45, 7) is 0. The Balaban J connectivity index is 2.42. The van der Waals surface area contributed by atoms with Crippen LogP contribution in [0.25, 0.3) is 0 Å². The van der Waals surface area contributed by atoms with Crippen LogP contribution in [0.2, 0.25) is 0 Å². The van der Waals surface area contributed by atoms with Crippen LogP contribution in [0.4, 0.5) is 5.69 Å². The number of rotatable bonds is 3. The number of carbonyl (C=O) groups excluding carboxylic acids is 1. The van der Waals surface area contributed by atoms with Crippen molar-refractivity contribution in [3.63, 3.8) is 0 Å². The monoisotopic (exact) mass is 354 g/mol. The van der Waals surface area contributed by atoms with Crippen LogP contribution in [0.3, 0.4) is 0 Å². The van der Waals surface area contributed by atoms with E-state index in [1.807, 2.05) is 18.2 Å². The number of nitrogens with two attached hydrogens (primary N) is 2. The normalized spacial score (nSPS) is 10.1. The second-order valence-corrected chi connectivity index (χ2v) is 4.89. The minimum atomic E-state index is -0.567. The van der Waals surface area contributed by atoms with Gasteiger partial charge in [0.05, 0.1) is 11.3 Å². The van der Waals surface area contributed by atoms with Gasteiger partial charge in [0.25, 0.3) is 5.91 Å². The van der Waals surface area contributed by atoms with Crippen molar-refractivity contribution in [2.75, 3.05) is 5.73 Å². The van der Waals surface area contributed by atoms with Crippen LogP contribution in [0, 0.1) is 3.57 Å². The minimum absolute atomic E-state index is 0.272. The lowest BCUT2D eigenvalue weighted by atomic mass is 10.1. The number of hydrogen-bond donors (Lipinski definition) is 2. The van der Waals surface area contributed by atoms with E-state index in [9.17, 15) is 4.79 Å². The van der Waals surface area contributed by atoms with Gasteiger partial charge in [0.15, 0.2) is 5.75 Å². The van der Waals surface area contributed by atoms with Crippen LogP contribution in [0.15, 0.2) is 42.5 Å². The topological polar surface area (TPSA) is 78.3 Å². The predicted octanol–water partition coefficient (Wildman–Crippen LogP) is 2.76. The van der Waals surface area contributed by atoms with E-state index in [-0.39, 0.29) is 5.56 Å². The maximum atomic E-state index is 11.3. The molecule has 5 heteroatoms. The smallest absolute Gasteiger partial charge is 0.252 e. The van der Waals surface area contributed by atoms with Crippen LogP contribution in [0.5, 0.6) is 11.5 Å². The Labute approximate surface area is 118 Å². The lowest BCUT2D eigenvalue weighted by Crippen LogP contribution is -2.13. The zero-order valence-corrected chi connectivity index (χ0v) is 11.5. The van der Waals surface area contributed by atoms with Crippen LogP contribution in [-0.2, 0) is 0 Å². The molecule has 18 heavy (non-hydrogen) atoms. The third kappa shape index (κ3) is 2.73. The highest BCUT2D eigenvalue weighted by Crippen LogP contribution is 2.31. The van der Waals surface area contributed by atoms with Crippen molar-refractivity contribution < 1.29 is 9.53 Å². The summed E-state index contributed by atoms with van der Waals surface area (Å²) in [6.07, 6.45) is 0. The molecule has 0 aliphatic heterocycles. The van der Waals surface area contributed by atoms with Gasteiger partial charge in [-0.2, -0.15) is 0 Å². The van der Waals surface area contributed by atoms with Crippen molar-refractivity contribution in [3.8, 4) is 11.5 Å². The molecular formula is C13H11IN2O2. The number of carbonyl (C=O) groups is 1. The van der Waals surface area contributed by atoms with Crippen LogP contribution >= 0.6 is 22.6 Å². The number of hydrogen-bond acceptors (Lipinski definition) is 3. The van der Waals surface area contributed by atoms with Gasteiger partial charge in [0.1, 0.15) is 5.75 Å². The van der Waals surface area contributed by atoms with Gasteiger partial charge in [-0.3, -0.25) is 4.79 Å². The molecule has 0 unspecified atom stereocenters. The van der Waals surface area contributed by atoms with E-state index in [1.165, 1.54) is 0 Å². The molecule has 0 fully saturated rings. The number of benzene rings is 2. The number of nitrogen functional groups attached to an aromatic ring is 1. The SMILES string of the molecule is NC(=O)c1cccc(N)c1Oc1cccc(I)c1. The van der Waals surface area contributed by atoms with Crippen LogP contribution in [-0.4, -0.2) is 5.91 Å². The highest BCUT2D eigenvalue weighted by molar-refractivity contribution is 14.1. The van der Waals surface area contributed by atoms with E-state index in [0.717, 1.165) is 3.57 Å². The summed E-state index contributed by atoms with van der Waals surface area (Å²) >= 11 is 2.18. The first kappa shape index (κ1) is 12.7. The molecule has 0 aliphatic carbocycles. The zero-order chi connectivity index (χ0) is 13.1. The first-order valence-corrected chi connectivity index (χ1v) is 6.27. The Morgan fingerprint density at radius 3 is 2.56 bits per heavy atom. The fourth-order valence-electron chi connectivity index (χ4n) is 1.51. The number of para-hydroxylation sites is 1. The second-order valence-electron chi connectivity index (χ2n) is 3.65. The van der Waals surface area contributed by atoms with Crippen molar-refractivity contribution in [2.45, 2.75) is 0 Å². The molecule has 0 heterocycles. The Hall–Kier alpha value is -1.76. The Bertz CT molecular complexity index is 599. The minimum Gasteiger partial charge on any atom is -0.454 e. The summed E-state index contributed by atoms with van der Waals surface area (Å²) in [5.74, 6) is 0.345. The summed E-state index contributed by atoms with van der Waals surface area (Å²) in [5.41, 5.74) is 11.8. The lowest BCUT2D eigenvalue weighted by molar-refractivity contribution is 0.0998. The maximum Gasteiger partial charge on any atom is 0.252 e. The first-order chi connectivity index (χ1) is 8.58. The zero-order valence-electron chi connectivity index (χ0n) is 9.39. The molecule has 0 saturated heterocycles. The first-order valence-electron chi connectivity index (χ1n) is 5.19. The highest BCUT2D eigenvalue weighted by atomic mass is 127. The number of amides is 1. The number of ether oxygens (including phenoxy) is 1. The molecule has 2 aromatic carbocycles. The molecule has 0 spiro atoms. The maximum absolute atomic E-state index is 11.3. The van der Waals surface area contributed by atoms with E-state index >= 15 is 0 Å². The highest BCUT2D eigenvalue weighted by Gasteiger charge is 2.13. The van der Waals surface area contributed by atoms with Gasteiger partial charge in [-0.15, -0.1) is 0 Å². The van der Waals surface area contributed by atoms with Gasteiger partial charge in [0, 0.05) is 3.57 Å². The summed E-state index contributed by atoms with van der Waals surface area (Å²) in [4.78, 5) is 11.3. The van der Waals surface area contributed by atoms with Gasteiger partial charge in [-0.1, -0.05) is 12.1 Å². The average molecular weight is 354 g/mol. The molecule has 1 amide bonds. The molecule has 4 nitrogen and oxygen atoms in total. The molecule has 0 bridgehead atoms. The molecule has 2 rings (SSSR count). The summed E-state index contributed by atoms with van der Waals surface area (Å²) in [5, 5.41) is 0. The van der Waals surface area contributed by atoms with E-state index in [2.05, 4.69) is 22.6 Å². The Morgan fingerprint density at radius 1 is 1.17 bits per heavy atom. The number of primary amides is 1. The number of anilines is 1. The van der Waals surface area contributed by atoms with Crippen molar-refractivity contribution in [3.05, 3.63) is 51.6 Å². The molecule has 0 radical (unpaired) electrons. The Morgan fingerprint density at radius 2 is 1.89 bits per heavy atom. The van der Waals surface area contributed by atoms with Crippen molar-refractivity contribution in [1.82, 2.24) is 0 Å². The van der Waals surface area contributed by atoms with E-state index in [0.29, 0.717) is 17.2 Å². The fourth-order valence-corrected chi connectivity index (χ4v) is 2.03. The third-order valence-electron chi connectivity index (χ3n) is 2.33. The van der Waals surface area contributed by atoms with E-state index < -0.39 is 5.91 Å². The quantitative estimate of drug-likeness (QED) is 0.657. The molecule has 0 saturated carbocycles. The van der Waals surface area contributed by atoms with E-state index in [1.54, 1.807) is 24.3 Å². The predicted molar refractivity (Wildman–Crippen MR) is 78.6 cm³/mol. The summed E-state index contributed by atoms with van der Waals surface area (Å²) in [7, 11) is 0. The van der Waals surface area contributed by atoms with Crippen LogP contribution < -0.4 is 16.2 Å². The van der Waals surface area contributed by atoms with Crippen LogP contribution in [0.1, 0.15) is 10.4 Å². The Kier molecular flexibility index (Phi) is 3.71. The van der Waals surface area contributed by atoms with Gasteiger partial charge in [-0.25, -0.2) is 0 Å². The van der Waals surface area contributed by atoms with Crippen molar-refractivity contribution in [1.29, 1.82) is 0 Å². The molecule has 0 atom stereocenters. The number of halogens is 1. The lowest BCUT2D eigenvalue weighted by Gasteiger charge is -2.11. The van der Waals surface area contributed by atoms with Crippen molar-refractivity contribution >= 4 is 34.2 Å². The average Bonchev–Trinajstić information content (AvgIpc) is 2.31. The van der Waals surface area contributed by atoms with E-state index in [4.69, 9.17) is 16.2 Å². The molecule has 2 aromatic rings. The van der Waals surface area contributed by atoms with Gasteiger partial charge >= 0.3 is 0 Å². The van der Waals surface area contributed by atoms with Gasteiger partial charge in [-0.05, 0) is 52.9 Å². The summed E-state index contributed by atoms with van der Waals surface area (Å²) < 4.78 is 6.68. The standard InChI is InChI=1S/C13H11IN2O2/c14-8-3-1-4-9(7-8)18-12-10(13(16)17)5-2-6-11(12)15/h1-7H,15H2,(H2,16,17). The fraction of sp³-hybridized carbons (Fsp3) is 0. The van der Waals surface area contributed by atoms with Crippen molar-refractivity contribution in [2.24, 2.45) is 5.73 Å². The van der Waals surface area contributed by atoms with Gasteiger partial charge in [0.2, 0.25) is 0 Å². The van der Waals surface area contributed by atoms with Gasteiger partial charge < -0.3 is 16.2 Å². The molecular weight excluding hydrogens is 343 g/mol. The molecule has 4 N–H and O–H groups in total. The molecule has 0 aromatic heterocycles. The summed E-state index contributed by atoms with van der Waals surface area (Å²) in [6, 6.07) is 12.3.